The predicted molar refractivity (Wildman–Crippen MR) is 99.9 cm³/mol. The van der Waals surface area contributed by atoms with Crippen molar-refractivity contribution in [1.29, 1.82) is 0 Å². The first-order chi connectivity index (χ1) is 12.6. The van der Waals surface area contributed by atoms with Crippen LogP contribution in [0, 0.1) is 0 Å². The maximum absolute atomic E-state index is 12.8. The highest BCUT2D eigenvalue weighted by Crippen LogP contribution is 2.34. The van der Waals surface area contributed by atoms with Crippen molar-refractivity contribution in [3.05, 3.63) is 54.1 Å². The second-order valence-corrected chi connectivity index (χ2v) is 5.96. The number of amides is 2. The normalized spacial score (nSPS) is 15.6. The Labute approximate surface area is 152 Å². The quantitative estimate of drug-likeness (QED) is 0.841. The van der Waals surface area contributed by atoms with Crippen molar-refractivity contribution in [2.45, 2.75) is 26.4 Å². The minimum atomic E-state index is -0.411. The van der Waals surface area contributed by atoms with Gasteiger partial charge in [0.2, 0.25) is 0 Å². The van der Waals surface area contributed by atoms with Crippen LogP contribution >= 0.6 is 0 Å². The molecule has 0 fully saturated rings. The highest BCUT2D eigenvalue weighted by atomic mass is 16.5. The zero-order valence-electron chi connectivity index (χ0n) is 14.9. The molecule has 2 aromatic carbocycles. The molecule has 1 heterocycles. The molecule has 26 heavy (non-hydrogen) atoms. The molecule has 6 heteroatoms. The third-order valence-corrected chi connectivity index (χ3v) is 4.16. The molecular formula is C20H22N2O4. The molecule has 1 aliphatic heterocycles. The van der Waals surface area contributed by atoms with Gasteiger partial charge in [-0.05, 0) is 43.7 Å². The largest absolute Gasteiger partial charge is 0.486 e. The van der Waals surface area contributed by atoms with Crippen molar-refractivity contribution in [1.82, 2.24) is 0 Å². The van der Waals surface area contributed by atoms with Gasteiger partial charge < -0.3 is 14.8 Å². The molecule has 136 valence electrons. The van der Waals surface area contributed by atoms with E-state index < -0.39 is 5.97 Å². The van der Waals surface area contributed by atoms with Crippen LogP contribution in [-0.2, 0) is 4.74 Å². The highest BCUT2D eigenvalue weighted by Gasteiger charge is 2.28. The van der Waals surface area contributed by atoms with Crippen LogP contribution in [0.4, 0.5) is 16.2 Å². The van der Waals surface area contributed by atoms with Gasteiger partial charge in [-0.2, -0.15) is 0 Å². The molecule has 0 aliphatic carbocycles. The van der Waals surface area contributed by atoms with Gasteiger partial charge in [0.1, 0.15) is 11.9 Å². The molecule has 1 aliphatic rings. The van der Waals surface area contributed by atoms with Gasteiger partial charge >= 0.3 is 12.0 Å². The highest BCUT2D eigenvalue weighted by molar-refractivity contribution is 6.03. The van der Waals surface area contributed by atoms with E-state index in [9.17, 15) is 9.59 Å². The molecule has 0 radical (unpaired) electrons. The minimum absolute atomic E-state index is 0.0542. The Morgan fingerprint density at radius 3 is 2.77 bits per heavy atom. The number of rotatable bonds is 4. The van der Waals surface area contributed by atoms with Gasteiger partial charge in [-0.25, -0.2) is 9.59 Å². The molecule has 0 saturated heterocycles. The van der Waals surface area contributed by atoms with Crippen molar-refractivity contribution in [2.24, 2.45) is 0 Å². The fraction of sp³-hybridized carbons (Fsp3) is 0.300. The van der Waals surface area contributed by atoms with E-state index in [-0.39, 0.29) is 12.1 Å². The number of fused-ring (bicyclic) bond motifs is 1. The smallest absolute Gasteiger partial charge is 0.338 e. The Hall–Kier alpha value is -3.02. The summed E-state index contributed by atoms with van der Waals surface area (Å²) in [5.74, 6) is 0.285. The molecular weight excluding hydrogens is 332 g/mol. The number of nitrogens with zero attached hydrogens (tertiary/aromatic N) is 1. The monoisotopic (exact) mass is 354 g/mol. The van der Waals surface area contributed by atoms with E-state index in [0.29, 0.717) is 30.2 Å². The van der Waals surface area contributed by atoms with Crippen LogP contribution in [0.3, 0.4) is 0 Å². The number of urea groups is 1. The summed E-state index contributed by atoms with van der Waals surface area (Å²) in [5, 5.41) is 2.86. The number of anilines is 2. The standard InChI is InChI=1S/C20H22N2O4/c1-3-16-13-22(17-10-5-6-11-18(17)26-16)20(24)21-15-9-7-8-14(12-15)19(23)25-4-2/h5-12,16H,3-4,13H2,1-2H3,(H,21,24)/t16-/m0/s1. The van der Waals surface area contributed by atoms with Gasteiger partial charge in [0.15, 0.2) is 0 Å². The second-order valence-electron chi connectivity index (χ2n) is 5.96. The summed E-state index contributed by atoms with van der Waals surface area (Å²) in [6.45, 7) is 4.55. The average molecular weight is 354 g/mol. The number of carbonyl (C=O) groups excluding carboxylic acids is 2. The van der Waals surface area contributed by atoms with Gasteiger partial charge in [-0.1, -0.05) is 25.1 Å². The van der Waals surface area contributed by atoms with Crippen LogP contribution in [0.2, 0.25) is 0 Å². The Morgan fingerprint density at radius 1 is 1.19 bits per heavy atom. The van der Waals surface area contributed by atoms with Gasteiger partial charge in [0.25, 0.3) is 0 Å². The van der Waals surface area contributed by atoms with E-state index in [1.54, 1.807) is 36.1 Å². The molecule has 6 nitrogen and oxygen atoms in total. The zero-order valence-corrected chi connectivity index (χ0v) is 14.9. The Kier molecular flexibility index (Phi) is 5.41. The SMILES string of the molecule is CCOC(=O)c1cccc(NC(=O)N2C[C@H](CC)Oc3ccccc32)c1. The topological polar surface area (TPSA) is 67.9 Å². The van der Waals surface area contributed by atoms with Crippen molar-refractivity contribution >= 4 is 23.4 Å². The van der Waals surface area contributed by atoms with Crippen molar-refractivity contribution < 1.29 is 19.1 Å². The van der Waals surface area contributed by atoms with Crippen LogP contribution in [0.15, 0.2) is 48.5 Å². The first kappa shape index (κ1) is 17.8. The van der Waals surface area contributed by atoms with Crippen molar-refractivity contribution in [2.75, 3.05) is 23.4 Å². The van der Waals surface area contributed by atoms with E-state index in [2.05, 4.69) is 5.32 Å². The zero-order chi connectivity index (χ0) is 18.5. The van der Waals surface area contributed by atoms with Crippen LogP contribution in [-0.4, -0.2) is 31.3 Å². The minimum Gasteiger partial charge on any atom is -0.486 e. The maximum Gasteiger partial charge on any atom is 0.338 e. The number of hydrogen-bond acceptors (Lipinski definition) is 4. The maximum atomic E-state index is 12.8. The van der Waals surface area contributed by atoms with Gasteiger partial charge in [0.05, 0.1) is 24.4 Å². The lowest BCUT2D eigenvalue weighted by atomic mass is 10.1. The molecule has 1 N–H and O–H groups in total. The van der Waals surface area contributed by atoms with Crippen molar-refractivity contribution in [3.8, 4) is 5.75 Å². The molecule has 0 unspecified atom stereocenters. The van der Waals surface area contributed by atoms with Crippen LogP contribution in [0.25, 0.3) is 0 Å². The Bertz CT molecular complexity index is 806. The number of para-hydroxylation sites is 2. The lowest BCUT2D eigenvalue weighted by Gasteiger charge is -2.34. The number of nitrogens with one attached hydrogen (secondary N) is 1. The Morgan fingerprint density at radius 2 is 2.00 bits per heavy atom. The predicted octanol–water partition coefficient (Wildman–Crippen LogP) is 4.07. The molecule has 0 bridgehead atoms. The van der Waals surface area contributed by atoms with Gasteiger partial charge in [-0.3, -0.25) is 4.90 Å². The lowest BCUT2D eigenvalue weighted by Crippen LogP contribution is -2.45. The number of hydrogen-bond donors (Lipinski definition) is 1. The number of esters is 1. The molecule has 2 amide bonds. The van der Waals surface area contributed by atoms with Gasteiger partial charge in [0, 0.05) is 5.69 Å². The fourth-order valence-corrected chi connectivity index (χ4v) is 2.83. The molecule has 2 aromatic rings. The number of benzene rings is 2. The molecule has 1 atom stereocenters. The van der Waals surface area contributed by atoms with E-state index in [4.69, 9.17) is 9.47 Å². The second kappa shape index (κ2) is 7.91. The summed E-state index contributed by atoms with van der Waals surface area (Å²) in [6, 6.07) is 13.9. The van der Waals surface area contributed by atoms with Crippen LogP contribution < -0.4 is 15.0 Å². The average Bonchev–Trinajstić information content (AvgIpc) is 2.67. The van der Waals surface area contributed by atoms with E-state index in [0.717, 1.165) is 12.1 Å². The third kappa shape index (κ3) is 3.79. The first-order valence-corrected chi connectivity index (χ1v) is 8.73. The summed E-state index contributed by atoms with van der Waals surface area (Å²) >= 11 is 0. The van der Waals surface area contributed by atoms with E-state index in [1.165, 1.54) is 0 Å². The Balaban J connectivity index is 1.80. The lowest BCUT2D eigenvalue weighted by molar-refractivity contribution is 0.0526. The summed E-state index contributed by atoms with van der Waals surface area (Å²) in [4.78, 5) is 26.4. The van der Waals surface area contributed by atoms with Crippen LogP contribution in [0.1, 0.15) is 30.6 Å². The van der Waals surface area contributed by atoms with Gasteiger partial charge in [-0.15, -0.1) is 0 Å². The molecule has 0 saturated carbocycles. The van der Waals surface area contributed by atoms with Crippen molar-refractivity contribution in [3.63, 3.8) is 0 Å². The molecule has 0 aromatic heterocycles. The molecule has 0 spiro atoms. The molecule has 3 rings (SSSR count). The summed E-state index contributed by atoms with van der Waals surface area (Å²) < 4.78 is 10.9. The van der Waals surface area contributed by atoms with E-state index >= 15 is 0 Å². The van der Waals surface area contributed by atoms with Crippen LogP contribution in [0.5, 0.6) is 5.75 Å². The van der Waals surface area contributed by atoms with E-state index in [1.807, 2.05) is 31.2 Å². The summed E-state index contributed by atoms with van der Waals surface area (Å²) in [6.07, 6.45) is 0.748. The number of carbonyl (C=O) groups is 2. The number of ether oxygens (including phenoxy) is 2. The summed E-state index contributed by atoms with van der Waals surface area (Å²) in [5.41, 5.74) is 1.67. The first-order valence-electron chi connectivity index (χ1n) is 8.73. The summed E-state index contributed by atoms with van der Waals surface area (Å²) in [7, 11) is 0. The third-order valence-electron chi connectivity index (χ3n) is 4.16. The fourth-order valence-electron chi connectivity index (χ4n) is 2.83.